The molecule has 2 aromatic heterocycles. The van der Waals surface area contributed by atoms with Crippen molar-refractivity contribution in [1.82, 2.24) is 19.6 Å². The van der Waals surface area contributed by atoms with Gasteiger partial charge in [-0.25, -0.2) is 0 Å². The number of carbonyl (C=O) groups excluding carboxylic acids is 1. The van der Waals surface area contributed by atoms with Gasteiger partial charge in [0, 0.05) is 12.3 Å². The van der Waals surface area contributed by atoms with Gasteiger partial charge in [0.25, 0.3) is 0 Å². The number of anilines is 1. The Kier molecular flexibility index (Phi) is 4.78. The van der Waals surface area contributed by atoms with E-state index in [1.807, 2.05) is 31.2 Å². The molecule has 2 heterocycles. The summed E-state index contributed by atoms with van der Waals surface area (Å²) in [6, 6.07) is 9.02. The summed E-state index contributed by atoms with van der Waals surface area (Å²) in [6.45, 7) is 4.24. The lowest BCUT2D eigenvalue weighted by atomic mass is 10.1. The Balaban J connectivity index is 1.65. The second-order valence-electron chi connectivity index (χ2n) is 5.93. The fourth-order valence-electron chi connectivity index (χ4n) is 2.46. The van der Waals surface area contributed by atoms with Gasteiger partial charge in [0.15, 0.2) is 5.82 Å². The number of aromatic nitrogens is 4. The average molecular weight is 354 g/mol. The van der Waals surface area contributed by atoms with Crippen LogP contribution >= 0.6 is 0 Å². The second kappa shape index (κ2) is 7.18. The Morgan fingerprint density at radius 2 is 2.12 bits per heavy atom. The van der Waals surface area contributed by atoms with Gasteiger partial charge in [-0.05, 0) is 25.0 Å². The summed E-state index contributed by atoms with van der Waals surface area (Å²) < 4.78 is 2.99. The van der Waals surface area contributed by atoms with Crippen molar-refractivity contribution in [3.05, 3.63) is 70.2 Å². The number of aryl methyl sites for hydroxylation is 1. The van der Waals surface area contributed by atoms with E-state index in [0.717, 1.165) is 11.8 Å². The van der Waals surface area contributed by atoms with Gasteiger partial charge in [-0.3, -0.25) is 24.3 Å². The molecule has 3 aromatic rings. The standard InChI is InChI=1S/C17H18N6O3/c1-12-5-3-4-6-14(12)10-21-8-7-16(20-21)19-17(24)13(2)22-11-15(9-18-22)23(25)26/h3-9,11,13H,10H2,1-2H3,(H,19,20,24). The molecule has 3 rings (SSSR count). The molecule has 0 radical (unpaired) electrons. The number of hydrogen-bond acceptors (Lipinski definition) is 5. The van der Waals surface area contributed by atoms with Crippen LogP contribution in [0.5, 0.6) is 0 Å². The maximum atomic E-state index is 12.3. The van der Waals surface area contributed by atoms with Crippen LogP contribution in [0.15, 0.2) is 48.9 Å². The van der Waals surface area contributed by atoms with Gasteiger partial charge in [0.05, 0.1) is 11.5 Å². The van der Waals surface area contributed by atoms with Crippen LogP contribution in [0.1, 0.15) is 24.1 Å². The predicted molar refractivity (Wildman–Crippen MR) is 94.7 cm³/mol. The van der Waals surface area contributed by atoms with Gasteiger partial charge in [-0.1, -0.05) is 24.3 Å². The first-order valence-electron chi connectivity index (χ1n) is 8.01. The third-order valence-electron chi connectivity index (χ3n) is 4.06. The number of carbonyl (C=O) groups is 1. The van der Waals surface area contributed by atoms with Crippen LogP contribution in [-0.2, 0) is 11.3 Å². The molecule has 1 aromatic carbocycles. The summed E-state index contributed by atoms with van der Waals surface area (Å²) in [5.41, 5.74) is 2.15. The molecule has 0 aliphatic rings. The maximum Gasteiger partial charge on any atom is 0.307 e. The predicted octanol–water partition coefficient (Wildman–Crippen LogP) is 2.54. The Bertz CT molecular complexity index is 945. The highest BCUT2D eigenvalue weighted by molar-refractivity contribution is 5.92. The van der Waals surface area contributed by atoms with Crippen molar-refractivity contribution >= 4 is 17.4 Å². The van der Waals surface area contributed by atoms with Gasteiger partial charge in [-0.15, -0.1) is 0 Å². The summed E-state index contributed by atoms with van der Waals surface area (Å²) in [4.78, 5) is 22.5. The van der Waals surface area contributed by atoms with Crippen LogP contribution in [0, 0.1) is 17.0 Å². The van der Waals surface area contributed by atoms with Gasteiger partial charge in [0.2, 0.25) is 5.91 Å². The Morgan fingerprint density at radius 1 is 1.35 bits per heavy atom. The molecule has 134 valence electrons. The Morgan fingerprint density at radius 3 is 2.81 bits per heavy atom. The minimum absolute atomic E-state index is 0.160. The van der Waals surface area contributed by atoms with Gasteiger partial charge < -0.3 is 5.32 Å². The largest absolute Gasteiger partial charge is 0.307 e. The van der Waals surface area contributed by atoms with Gasteiger partial charge >= 0.3 is 5.69 Å². The van der Waals surface area contributed by atoms with E-state index in [4.69, 9.17) is 0 Å². The highest BCUT2D eigenvalue weighted by atomic mass is 16.6. The topological polar surface area (TPSA) is 108 Å². The number of amides is 1. The summed E-state index contributed by atoms with van der Waals surface area (Å²) >= 11 is 0. The van der Waals surface area contributed by atoms with Crippen molar-refractivity contribution < 1.29 is 9.72 Å². The zero-order valence-electron chi connectivity index (χ0n) is 14.4. The van der Waals surface area contributed by atoms with Gasteiger partial charge in [-0.2, -0.15) is 10.2 Å². The minimum atomic E-state index is -0.704. The first kappa shape index (κ1) is 17.3. The van der Waals surface area contributed by atoms with E-state index >= 15 is 0 Å². The normalized spacial score (nSPS) is 11.9. The third kappa shape index (κ3) is 3.77. The monoisotopic (exact) mass is 354 g/mol. The first-order valence-corrected chi connectivity index (χ1v) is 8.01. The van der Waals surface area contributed by atoms with Crippen molar-refractivity contribution in [1.29, 1.82) is 0 Å². The van der Waals surface area contributed by atoms with Crippen molar-refractivity contribution in [2.75, 3.05) is 5.32 Å². The van der Waals surface area contributed by atoms with Crippen LogP contribution < -0.4 is 5.32 Å². The fourth-order valence-corrected chi connectivity index (χ4v) is 2.46. The van der Waals surface area contributed by atoms with Crippen molar-refractivity contribution in [3.63, 3.8) is 0 Å². The van der Waals surface area contributed by atoms with Crippen LogP contribution in [0.4, 0.5) is 11.5 Å². The van der Waals surface area contributed by atoms with E-state index < -0.39 is 11.0 Å². The number of hydrogen-bond donors (Lipinski definition) is 1. The molecule has 0 bridgehead atoms. The lowest BCUT2D eigenvalue weighted by Crippen LogP contribution is -2.24. The van der Waals surface area contributed by atoms with Crippen molar-refractivity contribution in [2.24, 2.45) is 0 Å². The van der Waals surface area contributed by atoms with E-state index in [-0.39, 0.29) is 11.6 Å². The molecule has 1 unspecified atom stereocenters. The average Bonchev–Trinajstić information content (AvgIpc) is 3.26. The van der Waals surface area contributed by atoms with E-state index in [1.54, 1.807) is 23.9 Å². The molecule has 1 amide bonds. The van der Waals surface area contributed by atoms with Crippen LogP contribution in [0.25, 0.3) is 0 Å². The highest BCUT2D eigenvalue weighted by Gasteiger charge is 2.19. The number of nitro groups is 1. The molecular formula is C17H18N6O3. The lowest BCUT2D eigenvalue weighted by Gasteiger charge is -2.10. The molecular weight excluding hydrogens is 336 g/mol. The SMILES string of the molecule is Cc1ccccc1Cn1ccc(NC(=O)C(C)n2cc([N+](=O)[O-])cn2)n1. The van der Waals surface area contributed by atoms with Gasteiger partial charge in [0.1, 0.15) is 18.4 Å². The molecule has 1 atom stereocenters. The molecule has 0 spiro atoms. The van der Waals surface area contributed by atoms with Crippen LogP contribution in [0.2, 0.25) is 0 Å². The quantitative estimate of drug-likeness (QED) is 0.540. The summed E-state index contributed by atoms with van der Waals surface area (Å²) in [6.07, 6.45) is 4.12. The number of nitrogens with one attached hydrogen (secondary N) is 1. The summed E-state index contributed by atoms with van der Waals surface area (Å²) in [5.74, 6) is 0.0567. The molecule has 0 aliphatic carbocycles. The van der Waals surface area contributed by atoms with E-state index in [0.29, 0.717) is 12.4 Å². The molecule has 1 N–H and O–H groups in total. The van der Waals surface area contributed by atoms with E-state index in [2.05, 4.69) is 15.5 Å². The number of nitrogens with zero attached hydrogens (tertiary/aromatic N) is 5. The summed E-state index contributed by atoms with van der Waals surface area (Å²) in [7, 11) is 0. The maximum absolute atomic E-state index is 12.3. The Hall–Kier alpha value is -3.49. The zero-order chi connectivity index (χ0) is 18.7. The zero-order valence-corrected chi connectivity index (χ0v) is 14.4. The first-order chi connectivity index (χ1) is 12.4. The molecule has 9 nitrogen and oxygen atoms in total. The molecule has 0 aliphatic heterocycles. The number of rotatable bonds is 6. The van der Waals surface area contributed by atoms with E-state index in [9.17, 15) is 14.9 Å². The molecule has 26 heavy (non-hydrogen) atoms. The Labute approximate surface area is 149 Å². The molecule has 0 saturated heterocycles. The van der Waals surface area contributed by atoms with E-state index in [1.165, 1.54) is 16.4 Å². The summed E-state index contributed by atoms with van der Waals surface area (Å²) in [5, 5.41) is 21.6. The smallest absolute Gasteiger partial charge is 0.307 e. The molecule has 0 saturated carbocycles. The lowest BCUT2D eigenvalue weighted by molar-refractivity contribution is -0.385. The second-order valence-corrected chi connectivity index (χ2v) is 5.93. The van der Waals surface area contributed by atoms with Crippen molar-refractivity contribution in [2.45, 2.75) is 26.4 Å². The van der Waals surface area contributed by atoms with Crippen LogP contribution in [0.3, 0.4) is 0 Å². The third-order valence-corrected chi connectivity index (χ3v) is 4.06. The fraction of sp³-hybridized carbons (Fsp3) is 0.235. The molecule has 9 heteroatoms. The highest BCUT2D eigenvalue weighted by Crippen LogP contribution is 2.15. The van der Waals surface area contributed by atoms with Crippen LogP contribution in [-0.4, -0.2) is 30.4 Å². The minimum Gasteiger partial charge on any atom is -0.307 e. The molecule has 0 fully saturated rings. The number of benzene rings is 1. The van der Waals surface area contributed by atoms with Crippen molar-refractivity contribution in [3.8, 4) is 0 Å².